The van der Waals surface area contributed by atoms with Gasteiger partial charge in [0.1, 0.15) is 0 Å². The van der Waals surface area contributed by atoms with E-state index in [-0.39, 0.29) is 0 Å². The molecule has 110 valence electrons. The van der Waals surface area contributed by atoms with Crippen LogP contribution in [0.15, 0.2) is 23.7 Å². The van der Waals surface area contributed by atoms with Gasteiger partial charge in [-0.05, 0) is 32.5 Å². The summed E-state index contributed by atoms with van der Waals surface area (Å²) in [5.74, 6) is 0. The molecule has 1 atom stereocenters. The van der Waals surface area contributed by atoms with Gasteiger partial charge < -0.3 is 15.3 Å². The van der Waals surface area contributed by atoms with E-state index in [2.05, 4.69) is 27.0 Å². The van der Waals surface area contributed by atoms with Gasteiger partial charge in [0.25, 0.3) is 0 Å². The molecule has 1 unspecified atom stereocenters. The topological polar surface area (TPSA) is 64.2 Å². The highest BCUT2D eigenvalue weighted by Crippen LogP contribution is 2.25. The second-order valence-corrected chi connectivity index (χ2v) is 6.53. The van der Waals surface area contributed by atoms with Crippen molar-refractivity contribution >= 4 is 11.3 Å². The Morgan fingerprint density at radius 3 is 2.95 bits per heavy atom. The smallest absolute Gasteiger partial charge is 0.0869 e. The summed E-state index contributed by atoms with van der Waals surface area (Å²) in [6, 6.07) is 4.10. The summed E-state index contributed by atoms with van der Waals surface area (Å²) < 4.78 is 0. The van der Waals surface area contributed by atoms with E-state index in [1.54, 1.807) is 11.3 Å². The predicted molar refractivity (Wildman–Crippen MR) is 82.8 cm³/mol. The fourth-order valence-electron chi connectivity index (χ4n) is 2.28. The normalized spacial score (nSPS) is 14.7. The molecule has 2 aromatic rings. The molecule has 0 aliphatic carbocycles. The number of likely N-dealkylation sites (N-methyl/N-ethyl adjacent to an activating group) is 1. The van der Waals surface area contributed by atoms with E-state index >= 15 is 0 Å². The number of nitrogens with one attached hydrogen (secondary N) is 2. The SMILES string of the molecule is CN(C)CC(C)(O)CNCc1cn[nH]c1-c1cccs1. The van der Waals surface area contributed by atoms with Crippen LogP contribution in [-0.4, -0.2) is 53.0 Å². The first-order valence-corrected chi connectivity index (χ1v) is 7.50. The Balaban J connectivity index is 1.91. The van der Waals surface area contributed by atoms with Gasteiger partial charge in [-0.15, -0.1) is 11.3 Å². The van der Waals surface area contributed by atoms with Crippen LogP contribution in [0.4, 0.5) is 0 Å². The molecule has 0 fully saturated rings. The van der Waals surface area contributed by atoms with Gasteiger partial charge in [0.2, 0.25) is 0 Å². The molecular weight excluding hydrogens is 272 g/mol. The molecule has 0 saturated heterocycles. The van der Waals surface area contributed by atoms with Crippen LogP contribution in [0.1, 0.15) is 12.5 Å². The molecule has 6 heteroatoms. The number of nitrogens with zero attached hydrogens (tertiary/aromatic N) is 2. The molecule has 0 radical (unpaired) electrons. The van der Waals surface area contributed by atoms with Gasteiger partial charge in [-0.2, -0.15) is 5.10 Å². The largest absolute Gasteiger partial charge is 0.388 e. The zero-order valence-electron chi connectivity index (χ0n) is 12.2. The number of H-pyrrole nitrogens is 1. The van der Waals surface area contributed by atoms with Crippen LogP contribution in [0.5, 0.6) is 0 Å². The first-order valence-electron chi connectivity index (χ1n) is 6.62. The molecule has 5 nitrogen and oxygen atoms in total. The predicted octanol–water partition coefficient (Wildman–Crippen LogP) is 1.54. The highest BCUT2D eigenvalue weighted by molar-refractivity contribution is 7.13. The highest BCUT2D eigenvalue weighted by Gasteiger charge is 2.21. The van der Waals surface area contributed by atoms with E-state index in [1.165, 1.54) is 4.88 Å². The summed E-state index contributed by atoms with van der Waals surface area (Å²) >= 11 is 1.69. The minimum Gasteiger partial charge on any atom is -0.388 e. The average Bonchev–Trinajstić information content (AvgIpc) is 2.95. The molecule has 0 aliphatic heterocycles. The molecule has 0 aromatic carbocycles. The Bertz CT molecular complexity index is 519. The van der Waals surface area contributed by atoms with Crippen LogP contribution in [0.25, 0.3) is 10.6 Å². The third-order valence-corrected chi connectivity index (χ3v) is 3.85. The average molecular weight is 294 g/mol. The number of hydrogen-bond acceptors (Lipinski definition) is 5. The van der Waals surface area contributed by atoms with E-state index in [0.29, 0.717) is 19.6 Å². The summed E-state index contributed by atoms with van der Waals surface area (Å²) in [5, 5.41) is 22.7. The van der Waals surface area contributed by atoms with Crippen molar-refractivity contribution in [2.75, 3.05) is 27.2 Å². The third kappa shape index (κ3) is 4.14. The van der Waals surface area contributed by atoms with E-state index < -0.39 is 5.60 Å². The first-order chi connectivity index (χ1) is 9.48. The molecule has 2 rings (SSSR count). The van der Waals surface area contributed by atoms with E-state index in [1.807, 2.05) is 38.2 Å². The lowest BCUT2D eigenvalue weighted by Crippen LogP contribution is -2.45. The summed E-state index contributed by atoms with van der Waals surface area (Å²) in [6.07, 6.45) is 1.84. The van der Waals surface area contributed by atoms with Crippen molar-refractivity contribution in [1.29, 1.82) is 0 Å². The minimum absolute atomic E-state index is 0.542. The zero-order valence-corrected chi connectivity index (χ0v) is 13.0. The molecule has 2 heterocycles. The molecule has 0 bridgehead atoms. The van der Waals surface area contributed by atoms with Gasteiger partial charge in [-0.3, -0.25) is 5.10 Å². The van der Waals surface area contributed by atoms with E-state index in [9.17, 15) is 5.11 Å². The van der Waals surface area contributed by atoms with Gasteiger partial charge in [0.15, 0.2) is 0 Å². The van der Waals surface area contributed by atoms with Gasteiger partial charge in [0, 0.05) is 25.2 Å². The van der Waals surface area contributed by atoms with E-state index in [0.717, 1.165) is 11.3 Å². The Kier molecular flexibility index (Phi) is 4.93. The lowest BCUT2D eigenvalue weighted by Gasteiger charge is -2.27. The number of rotatable bonds is 7. The maximum atomic E-state index is 10.2. The summed E-state index contributed by atoms with van der Waals surface area (Å²) in [4.78, 5) is 3.16. The van der Waals surface area contributed by atoms with Crippen LogP contribution in [0.3, 0.4) is 0 Å². The lowest BCUT2D eigenvalue weighted by atomic mass is 10.1. The summed E-state index contributed by atoms with van der Waals surface area (Å²) in [6.45, 7) is 3.70. The van der Waals surface area contributed by atoms with Crippen LogP contribution in [0.2, 0.25) is 0 Å². The quantitative estimate of drug-likeness (QED) is 0.725. The molecule has 2 aromatic heterocycles. The standard InChI is InChI=1S/C14H22N4OS/c1-14(19,10-18(2)3)9-15-7-11-8-16-17-13(11)12-5-4-6-20-12/h4-6,8,15,19H,7,9-10H2,1-3H3,(H,16,17). The number of aliphatic hydroxyl groups is 1. The molecule has 20 heavy (non-hydrogen) atoms. The minimum atomic E-state index is -0.740. The third-order valence-electron chi connectivity index (χ3n) is 2.96. The van der Waals surface area contributed by atoms with Crippen LogP contribution in [-0.2, 0) is 6.54 Å². The second-order valence-electron chi connectivity index (χ2n) is 5.59. The second kappa shape index (κ2) is 6.49. The summed E-state index contributed by atoms with van der Waals surface area (Å²) in [7, 11) is 3.92. The first kappa shape index (κ1) is 15.2. The Morgan fingerprint density at radius 1 is 1.50 bits per heavy atom. The Hall–Kier alpha value is -1.21. The highest BCUT2D eigenvalue weighted by atomic mass is 32.1. The fraction of sp³-hybridized carbons (Fsp3) is 0.500. The van der Waals surface area contributed by atoms with Gasteiger partial charge in [-0.25, -0.2) is 0 Å². The molecule has 0 aliphatic rings. The lowest BCUT2D eigenvalue weighted by molar-refractivity contribution is 0.0336. The number of aromatic nitrogens is 2. The molecule has 0 amide bonds. The van der Waals surface area contributed by atoms with Gasteiger partial charge in [-0.1, -0.05) is 6.07 Å². The van der Waals surface area contributed by atoms with E-state index in [4.69, 9.17) is 0 Å². The van der Waals surface area contributed by atoms with Crippen molar-refractivity contribution in [2.45, 2.75) is 19.1 Å². The van der Waals surface area contributed by atoms with Crippen molar-refractivity contribution in [3.8, 4) is 10.6 Å². The number of thiophene rings is 1. The van der Waals surface area contributed by atoms with Crippen molar-refractivity contribution < 1.29 is 5.11 Å². The van der Waals surface area contributed by atoms with Crippen molar-refractivity contribution in [3.63, 3.8) is 0 Å². The molecular formula is C14H22N4OS. The van der Waals surface area contributed by atoms with Gasteiger partial charge >= 0.3 is 0 Å². The maximum Gasteiger partial charge on any atom is 0.0869 e. The van der Waals surface area contributed by atoms with Crippen LogP contribution in [0, 0.1) is 0 Å². The fourth-order valence-corrected chi connectivity index (χ4v) is 3.04. The van der Waals surface area contributed by atoms with Crippen LogP contribution >= 0.6 is 11.3 Å². The molecule has 0 saturated carbocycles. The van der Waals surface area contributed by atoms with Crippen molar-refractivity contribution in [3.05, 3.63) is 29.3 Å². The van der Waals surface area contributed by atoms with Crippen molar-refractivity contribution in [2.24, 2.45) is 0 Å². The maximum absolute atomic E-state index is 10.2. The van der Waals surface area contributed by atoms with Crippen molar-refractivity contribution in [1.82, 2.24) is 20.4 Å². The Morgan fingerprint density at radius 2 is 2.30 bits per heavy atom. The molecule has 3 N–H and O–H groups in total. The van der Waals surface area contributed by atoms with Crippen LogP contribution < -0.4 is 5.32 Å². The monoisotopic (exact) mass is 294 g/mol. The zero-order chi connectivity index (χ0) is 14.6. The number of hydrogen-bond donors (Lipinski definition) is 3. The van der Waals surface area contributed by atoms with Gasteiger partial charge in [0.05, 0.1) is 22.4 Å². The number of aromatic amines is 1. The summed E-state index contributed by atoms with van der Waals surface area (Å²) in [5.41, 5.74) is 1.43. The molecule has 0 spiro atoms. The Labute approximate surface area is 123 Å².